The summed E-state index contributed by atoms with van der Waals surface area (Å²) in [5, 5.41) is 8.92. The van der Waals surface area contributed by atoms with E-state index in [0.717, 1.165) is 12.8 Å². The molecule has 0 aromatic heterocycles. The van der Waals surface area contributed by atoms with Crippen LogP contribution in [0.25, 0.3) is 0 Å². The third-order valence-corrected chi connectivity index (χ3v) is 1.48. The van der Waals surface area contributed by atoms with Crippen LogP contribution < -0.4 is 29.6 Å². The fraction of sp³-hybridized carbons (Fsp3) is 0.333. The van der Waals surface area contributed by atoms with Crippen molar-refractivity contribution in [2.24, 2.45) is 0 Å². The van der Waals surface area contributed by atoms with Crippen molar-refractivity contribution in [3.8, 4) is 5.75 Å². The Morgan fingerprint density at radius 1 is 1.18 bits per heavy atom. The van der Waals surface area contributed by atoms with Gasteiger partial charge in [0.05, 0.1) is 0 Å². The first-order valence-corrected chi connectivity index (χ1v) is 3.61. The minimum Gasteiger partial charge on any atom is -0.508 e. The predicted molar refractivity (Wildman–Crippen MR) is 42.1 cm³/mol. The number of aryl methyl sites for hydroxylation is 1. The van der Waals surface area contributed by atoms with E-state index in [9.17, 15) is 0 Å². The van der Waals surface area contributed by atoms with Gasteiger partial charge in [-0.25, -0.2) is 0 Å². The molecule has 0 aliphatic carbocycles. The quantitative estimate of drug-likeness (QED) is 0.568. The fourth-order valence-electron chi connectivity index (χ4n) is 0.951. The molecule has 1 N–H and O–H groups in total. The van der Waals surface area contributed by atoms with Crippen molar-refractivity contribution < 1.29 is 34.7 Å². The summed E-state index contributed by atoms with van der Waals surface area (Å²) in [6, 6.07) is 7.37. The van der Waals surface area contributed by atoms with Crippen LogP contribution in [0.2, 0.25) is 0 Å². The van der Waals surface area contributed by atoms with E-state index in [1.54, 1.807) is 12.1 Å². The van der Waals surface area contributed by atoms with Crippen LogP contribution in [-0.4, -0.2) is 5.11 Å². The van der Waals surface area contributed by atoms with Crippen LogP contribution in [0.4, 0.5) is 0 Å². The average Bonchev–Trinajstić information content (AvgIpc) is 1.95. The molecule has 11 heavy (non-hydrogen) atoms. The summed E-state index contributed by atoms with van der Waals surface area (Å²) in [6.45, 7) is 2.15. The molecule has 0 atom stereocenters. The SMILES string of the molecule is CCCc1ccc(O)cc1.[Na+]. The van der Waals surface area contributed by atoms with Crippen LogP contribution in [0, 0.1) is 0 Å². The van der Waals surface area contributed by atoms with Gasteiger partial charge in [0.1, 0.15) is 5.75 Å². The van der Waals surface area contributed by atoms with Crippen molar-refractivity contribution in [3.05, 3.63) is 29.8 Å². The van der Waals surface area contributed by atoms with Crippen LogP contribution in [0.15, 0.2) is 24.3 Å². The number of rotatable bonds is 2. The molecule has 1 aromatic rings. The summed E-state index contributed by atoms with van der Waals surface area (Å²) in [5.74, 6) is 0.347. The van der Waals surface area contributed by atoms with Crippen molar-refractivity contribution in [2.75, 3.05) is 0 Å². The fourth-order valence-corrected chi connectivity index (χ4v) is 0.951. The Morgan fingerprint density at radius 2 is 1.73 bits per heavy atom. The van der Waals surface area contributed by atoms with Gasteiger partial charge in [-0.2, -0.15) is 0 Å². The second-order valence-corrected chi connectivity index (χ2v) is 2.42. The van der Waals surface area contributed by atoms with E-state index in [4.69, 9.17) is 5.11 Å². The minimum atomic E-state index is 0. The maximum atomic E-state index is 8.92. The molecule has 1 nitrogen and oxygen atoms in total. The molecule has 0 heterocycles. The molecule has 0 aliphatic rings. The van der Waals surface area contributed by atoms with E-state index in [0.29, 0.717) is 5.75 Å². The molecule has 0 spiro atoms. The molecular formula is C9H12NaO+. The van der Waals surface area contributed by atoms with Crippen molar-refractivity contribution in [1.82, 2.24) is 0 Å². The number of phenolic OH excluding ortho intramolecular Hbond substituents is 1. The molecule has 0 unspecified atom stereocenters. The summed E-state index contributed by atoms with van der Waals surface area (Å²) in [7, 11) is 0. The first-order chi connectivity index (χ1) is 4.83. The average molecular weight is 159 g/mol. The molecule has 0 radical (unpaired) electrons. The molecule has 0 saturated heterocycles. The van der Waals surface area contributed by atoms with Crippen LogP contribution in [-0.2, 0) is 6.42 Å². The first kappa shape index (κ1) is 11.0. The second-order valence-electron chi connectivity index (χ2n) is 2.42. The number of benzene rings is 1. The Morgan fingerprint density at radius 3 is 2.18 bits per heavy atom. The molecule has 0 amide bonds. The molecule has 0 aliphatic heterocycles. The summed E-state index contributed by atoms with van der Waals surface area (Å²) < 4.78 is 0. The van der Waals surface area contributed by atoms with Crippen molar-refractivity contribution in [2.45, 2.75) is 19.8 Å². The Balaban J connectivity index is 0.000001000. The second kappa shape index (κ2) is 5.64. The molecule has 0 bridgehead atoms. The largest absolute Gasteiger partial charge is 1.00 e. The molecule has 1 aromatic carbocycles. The van der Waals surface area contributed by atoms with Gasteiger partial charge in [0, 0.05) is 0 Å². The third kappa shape index (κ3) is 3.80. The molecule has 2 heteroatoms. The Kier molecular flexibility index (Phi) is 5.65. The van der Waals surface area contributed by atoms with E-state index < -0.39 is 0 Å². The Hall–Kier alpha value is 0.0200. The predicted octanol–water partition coefficient (Wildman–Crippen LogP) is -0.651. The Labute approximate surface area is 89.7 Å². The van der Waals surface area contributed by atoms with Gasteiger partial charge in [-0.1, -0.05) is 25.5 Å². The monoisotopic (exact) mass is 159 g/mol. The Bertz CT molecular complexity index is 193. The van der Waals surface area contributed by atoms with Gasteiger partial charge in [-0.05, 0) is 24.1 Å². The van der Waals surface area contributed by atoms with E-state index in [1.165, 1.54) is 5.56 Å². The maximum Gasteiger partial charge on any atom is 1.00 e. The van der Waals surface area contributed by atoms with Gasteiger partial charge in [0.2, 0.25) is 0 Å². The number of hydrogen-bond donors (Lipinski definition) is 1. The molecule has 1 rings (SSSR count). The van der Waals surface area contributed by atoms with Gasteiger partial charge in [-0.3, -0.25) is 0 Å². The van der Waals surface area contributed by atoms with Gasteiger partial charge in [0.15, 0.2) is 0 Å². The zero-order chi connectivity index (χ0) is 7.40. The van der Waals surface area contributed by atoms with E-state index in [2.05, 4.69) is 6.92 Å². The molecule has 0 fully saturated rings. The summed E-state index contributed by atoms with van der Waals surface area (Å²) in [5.41, 5.74) is 1.29. The molecule has 0 saturated carbocycles. The number of hydrogen-bond acceptors (Lipinski definition) is 1. The van der Waals surface area contributed by atoms with Gasteiger partial charge in [0.25, 0.3) is 0 Å². The van der Waals surface area contributed by atoms with Crippen LogP contribution in [0.1, 0.15) is 18.9 Å². The number of aromatic hydroxyl groups is 1. The maximum absolute atomic E-state index is 8.92. The summed E-state index contributed by atoms with van der Waals surface area (Å²) in [6.07, 6.45) is 2.26. The number of phenols is 1. The zero-order valence-electron chi connectivity index (χ0n) is 7.17. The van der Waals surface area contributed by atoms with Crippen molar-refractivity contribution >= 4 is 0 Å². The van der Waals surface area contributed by atoms with E-state index in [-0.39, 0.29) is 29.6 Å². The van der Waals surface area contributed by atoms with Crippen LogP contribution in [0.5, 0.6) is 5.75 Å². The first-order valence-electron chi connectivity index (χ1n) is 3.61. The van der Waals surface area contributed by atoms with Gasteiger partial charge >= 0.3 is 29.6 Å². The van der Waals surface area contributed by atoms with Gasteiger partial charge in [-0.15, -0.1) is 0 Å². The normalized spacial score (nSPS) is 8.82. The summed E-state index contributed by atoms with van der Waals surface area (Å²) >= 11 is 0. The molecule has 54 valence electrons. The van der Waals surface area contributed by atoms with E-state index >= 15 is 0 Å². The van der Waals surface area contributed by atoms with Gasteiger partial charge < -0.3 is 5.11 Å². The third-order valence-electron chi connectivity index (χ3n) is 1.48. The molecular weight excluding hydrogens is 147 g/mol. The minimum absolute atomic E-state index is 0. The topological polar surface area (TPSA) is 20.2 Å². The smallest absolute Gasteiger partial charge is 0.508 e. The van der Waals surface area contributed by atoms with Crippen molar-refractivity contribution in [3.63, 3.8) is 0 Å². The van der Waals surface area contributed by atoms with Crippen LogP contribution >= 0.6 is 0 Å². The standard InChI is InChI=1S/C9H12O.Na/c1-2-3-8-4-6-9(10)7-5-8;/h4-7,10H,2-3H2,1H3;/q;+1. The summed E-state index contributed by atoms with van der Waals surface area (Å²) in [4.78, 5) is 0. The van der Waals surface area contributed by atoms with Crippen molar-refractivity contribution in [1.29, 1.82) is 0 Å². The zero-order valence-corrected chi connectivity index (χ0v) is 9.17. The van der Waals surface area contributed by atoms with E-state index in [1.807, 2.05) is 12.1 Å². The van der Waals surface area contributed by atoms with Crippen LogP contribution in [0.3, 0.4) is 0 Å².